The van der Waals surface area contributed by atoms with Crippen molar-refractivity contribution in [1.82, 2.24) is 16.0 Å². The zero-order valence-corrected chi connectivity index (χ0v) is 18.8. The molecule has 1 amide bonds. The number of thioether (sulfide) groups is 1. The Bertz CT molecular complexity index is 836. The number of ketones is 1. The van der Waals surface area contributed by atoms with Crippen molar-refractivity contribution in [2.45, 2.75) is 56.6 Å². The zero-order valence-electron chi connectivity index (χ0n) is 18.0. The second-order valence-corrected chi connectivity index (χ2v) is 9.77. The predicted molar refractivity (Wildman–Crippen MR) is 122 cm³/mol. The number of unbranched alkanes of at least 4 members (excludes halogenated alkanes) is 1. The molecule has 3 N–H and O–H groups in total. The van der Waals surface area contributed by atoms with E-state index >= 15 is 0 Å². The van der Waals surface area contributed by atoms with Crippen LogP contribution < -0.4 is 20.9 Å². The number of Topliss-reactive ketones (excluding diaryl/α,β-unsaturated/α-hetero) is 1. The molecule has 162 valence electrons. The number of hydrogen-bond acceptors (Lipinski definition) is 6. The summed E-state index contributed by atoms with van der Waals surface area (Å²) in [6.07, 6.45) is 4.41. The van der Waals surface area contributed by atoms with Gasteiger partial charge >= 0.3 is 0 Å². The molecule has 1 aromatic carbocycles. The maximum absolute atomic E-state index is 13.3. The van der Waals surface area contributed by atoms with Gasteiger partial charge in [-0.2, -0.15) is 0 Å². The molecular weight excluding hydrogens is 396 g/mol. The van der Waals surface area contributed by atoms with Crippen LogP contribution in [0.4, 0.5) is 5.69 Å². The van der Waals surface area contributed by atoms with Crippen LogP contribution in [0.15, 0.2) is 35.5 Å². The quantitative estimate of drug-likeness (QED) is 0.605. The van der Waals surface area contributed by atoms with Gasteiger partial charge in [-0.05, 0) is 42.7 Å². The number of benzene rings is 1. The fourth-order valence-electron chi connectivity index (χ4n) is 4.69. The van der Waals surface area contributed by atoms with E-state index in [2.05, 4.69) is 52.0 Å². The number of fused-ring (bicyclic) bond motifs is 1. The summed E-state index contributed by atoms with van der Waals surface area (Å²) in [5.41, 5.74) is 3.87. The van der Waals surface area contributed by atoms with Crippen LogP contribution in [0.5, 0.6) is 0 Å². The lowest BCUT2D eigenvalue weighted by atomic mass is 9.70. The smallest absolute Gasteiger partial charge is 0.229 e. The summed E-state index contributed by atoms with van der Waals surface area (Å²) in [6.45, 7) is 2.17. The van der Waals surface area contributed by atoms with Gasteiger partial charge in [-0.3, -0.25) is 14.9 Å². The number of carbonyl (C=O) groups is 2. The molecule has 1 saturated heterocycles. The highest BCUT2D eigenvalue weighted by molar-refractivity contribution is 7.99. The number of nitrogens with zero attached hydrogens (tertiary/aromatic N) is 1. The first kappa shape index (κ1) is 21.2. The molecule has 4 unspecified atom stereocenters. The first-order valence-corrected chi connectivity index (χ1v) is 12.0. The van der Waals surface area contributed by atoms with Gasteiger partial charge in [0.05, 0.1) is 12.1 Å². The van der Waals surface area contributed by atoms with E-state index in [0.717, 1.165) is 54.0 Å². The zero-order chi connectivity index (χ0) is 21.3. The predicted octanol–water partition coefficient (Wildman–Crippen LogP) is 2.93. The Morgan fingerprint density at radius 2 is 1.87 bits per heavy atom. The number of nitrogens with one attached hydrogen (secondary N) is 3. The monoisotopic (exact) mass is 428 g/mol. The normalized spacial score (nSPS) is 28.4. The van der Waals surface area contributed by atoms with E-state index in [-0.39, 0.29) is 35.2 Å². The van der Waals surface area contributed by atoms with Gasteiger partial charge in [0.15, 0.2) is 5.78 Å². The number of carbonyl (C=O) groups excluding carboxylic acids is 2. The fraction of sp³-hybridized carbons (Fsp3) is 0.565. The molecule has 1 fully saturated rings. The van der Waals surface area contributed by atoms with E-state index in [1.54, 1.807) is 11.8 Å². The van der Waals surface area contributed by atoms with Crippen LogP contribution in [-0.4, -0.2) is 43.2 Å². The van der Waals surface area contributed by atoms with E-state index in [4.69, 9.17) is 0 Å². The van der Waals surface area contributed by atoms with Gasteiger partial charge < -0.3 is 15.5 Å². The molecule has 2 aliphatic heterocycles. The largest absolute Gasteiger partial charge is 0.378 e. The average molecular weight is 429 g/mol. The van der Waals surface area contributed by atoms with Gasteiger partial charge in [0.2, 0.25) is 5.91 Å². The lowest BCUT2D eigenvalue weighted by Crippen LogP contribution is -2.67. The number of hydrogen-bond donors (Lipinski definition) is 3. The van der Waals surface area contributed by atoms with Crippen LogP contribution in [0.3, 0.4) is 0 Å². The Morgan fingerprint density at radius 1 is 1.10 bits per heavy atom. The summed E-state index contributed by atoms with van der Waals surface area (Å²) < 4.78 is 0. The molecule has 0 saturated carbocycles. The van der Waals surface area contributed by atoms with E-state index in [1.165, 1.54) is 0 Å². The van der Waals surface area contributed by atoms with Crippen molar-refractivity contribution in [3.63, 3.8) is 0 Å². The van der Waals surface area contributed by atoms with Crippen molar-refractivity contribution in [1.29, 1.82) is 0 Å². The SMILES string of the molecule is CCCCSC1NC(=O)C2C(NC3=C(C(=O)CCC3)C2c2ccc(N(C)C)cc2)N1. The molecule has 1 aliphatic carbocycles. The minimum Gasteiger partial charge on any atom is -0.378 e. The maximum atomic E-state index is 13.3. The Balaban J connectivity index is 1.67. The van der Waals surface area contributed by atoms with Crippen LogP contribution >= 0.6 is 11.8 Å². The Morgan fingerprint density at radius 3 is 2.57 bits per heavy atom. The molecule has 0 spiro atoms. The maximum Gasteiger partial charge on any atom is 0.229 e. The summed E-state index contributed by atoms with van der Waals surface area (Å²) in [4.78, 5) is 28.3. The Hall–Kier alpha value is -1.99. The molecule has 4 atom stereocenters. The highest BCUT2D eigenvalue weighted by Crippen LogP contribution is 2.44. The number of rotatable bonds is 6. The lowest BCUT2D eigenvalue weighted by molar-refractivity contribution is -0.130. The summed E-state index contributed by atoms with van der Waals surface area (Å²) in [7, 11) is 4.02. The highest BCUT2D eigenvalue weighted by atomic mass is 32.2. The Labute approximate surface area is 183 Å². The number of anilines is 1. The minimum absolute atomic E-state index is 0.0202. The van der Waals surface area contributed by atoms with Crippen LogP contribution in [0, 0.1) is 5.92 Å². The second-order valence-electron chi connectivity index (χ2n) is 8.56. The standard InChI is InChI=1S/C23H32N4O2S/c1-4-5-13-30-23-25-21-20(22(29)26-23)18(14-9-11-15(12-10-14)27(2)3)19-16(24-21)7-6-8-17(19)28/h9-12,18,20-21,23-25H,4-8,13H2,1-3H3,(H,26,29). The summed E-state index contributed by atoms with van der Waals surface area (Å²) in [5, 5.41) is 10.3. The first-order chi connectivity index (χ1) is 14.5. The molecule has 2 heterocycles. The molecule has 4 rings (SSSR count). The minimum atomic E-state index is -0.348. The van der Waals surface area contributed by atoms with Crippen molar-refractivity contribution in [3.05, 3.63) is 41.1 Å². The average Bonchev–Trinajstić information content (AvgIpc) is 2.73. The van der Waals surface area contributed by atoms with Crippen LogP contribution in [0.1, 0.15) is 50.5 Å². The third kappa shape index (κ3) is 4.10. The van der Waals surface area contributed by atoms with E-state index in [0.29, 0.717) is 6.42 Å². The number of amides is 1. The number of allylic oxidation sites excluding steroid dienone is 2. The molecule has 7 heteroatoms. The van der Waals surface area contributed by atoms with Crippen LogP contribution in [-0.2, 0) is 9.59 Å². The van der Waals surface area contributed by atoms with Gasteiger partial charge in [0.25, 0.3) is 0 Å². The molecule has 0 aromatic heterocycles. The second kappa shape index (κ2) is 9.02. The summed E-state index contributed by atoms with van der Waals surface area (Å²) >= 11 is 1.74. The van der Waals surface area contributed by atoms with Crippen molar-refractivity contribution < 1.29 is 9.59 Å². The topological polar surface area (TPSA) is 73.5 Å². The van der Waals surface area contributed by atoms with Gasteiger partial charge in [-0.1, -0.05) is 25.5 Å². The van der Waals surface area contributed by atoms with Crippen molar-refractivity contribution >= 4 is 29.1 Å². The van der Waals surface area contributed by atoms with Crippen LogP contribution in [0.2, 0.25) is 0 Å². The van der Waals surface area contributed by atoms with Crippen LogP contribution in [0.25, 0.3) is 0 Å². The fourth-order valence-corrected chi connectivity index (χ4v) is 5.82. The Kier molecular flexibility index (Phi) is 6.39. The highest BCUT2D eigenvalue weighted by Gasteiger charge is 2.49. The lowest BCUT2D eigenvalue weighted by Gasteiger charge is -2.47. The van der Waals surface area contributed by atoms with Crippen molar-refractivity contribution in [2.24, 2.45) is 5.92 Å². The van der Waals surface area contributed by atoms with Crippen molar-refractivity contribution in [3.8, 4) is 0 Å². The summed E-state index contributed by atoms with van der Waals surface area (Å²) in [5.74, 6) is 0.639. The van der Waals surface area contributed by atoms with Gasteiger partial charge in [-0.15, -0.1) is 11.8 Å². The molecule has 1 aromatic rings. The molecule has 0 bridgehead atoms. The first-order valence-electron chi connectivity index (χ1n) is 11.0. The third-order valence-corrected chi connectivity index (χ3v) is 7.38. The van der Waals surface area contributed by atoms with E-state index < -0.39 is 0 Å². The molecule has 30 heavy (non-hydrogen) atoms. The van der Waals surface area contributed by atoms with Gasteiger partial charge in [0.1, 0.15) is 5.50 Å². The van der Waals surface area contributed by atoms with Crippen molar-refractivity contribution in [2.75, 3.05) is 24.7 Å². The third-order valence-electron chi connectivity index (χ3n) is 6.27. The van der Waals surface area contributed by atoms with E-state index in [1.807, 2.05) is 14.1 Å². The molecular formula is C23H32N4O2S. The van der Waals surface area contributed by atoms with Gasteiger partial charge in [-0.25, -0.2) is 0 Å². The van der Waals surface area contributed by atoms with Gasteiger partial charge in [0, 0.05) is 43.4 Å². The summed E-state index contributed by atoms with van der Waals surface area (Å²) in [6, 6.07) is 8.28. The molecule has 6 nitrogen and oxygen atoms in total. The molecule has 3 aliphatic rings. The van der Waals surface area contributed by atoms with E-state index in [9.17, 15) is 9.59 Å². The molecule has 0 radical (unpaired) electrons.